The van der Waals surface area contributed by atoms with Gasteiger partial charge in [0.15, 0.2) is 6.10 Å². The van der Waals surface area contributed by atoms with Crippen LogP contribution in [0.15, 0.2) is 11.6 Å². The fraction of sp³-hybridized carbons (Fsp3) is 0.800. The van der Waals surface area contributed by atoms with Gasteiger partial charge >= 0.3 is 17.9 Å². The predicted octanol–water partition coefficient (Wildman–Crippen LogP) is 4.70. The van der Waals surface area contributed by atoms with E-state index in [1.54, 1.807) is 5.57 Å². The Balaban J connectivity index is 1.82. The second-order valence-electron chi connectivity index (χ2n) is 10.7. The first-order valence-electron chi connectivity index (χ1n) is 11.8. The first-order chi connectivity index (χ1) is 14.5. The van der Waals surface area contributed by atoms with Crippen molar-refractivity contribution in [1.82, 2.24) is 0 Å². The smallest absolute Gasteiger partial charge is 0.306 e. The van der Waals surface area contributed by atoms with E-state index in [4.69, 9.17) is 14.2 Å². The van der Waals surface area contributed by atoms with Gasteiger partial charge in [0.05, 0.1) is 0 Å². The number of allylic oxidation sites excluding steroid dienone is 2. The molecule has 4 aliphatic carbocycles. The maximum Gasteiger partial charge on any atom is 0.306 e. The molecule has 0 aromatic rings. The number of carbonyl (C=O) groups is 3. The van der Waals surface area contributed by atoms with Gasteiger partial charge in [-0.15, -0.1) is 0 Å². The highest BCUT2D eigenvalue weighted by atomic mass is 16.8. The lowest BCUT2D eigenvalue weighted by Crippen LogP contribution is -2.59. The van der Waals surface area contributed by atoms with Gasteiger partial charge in [-0.1, -0.05) is 25.5 Å². The summed E-state index contributed by atoms with van der Waals surface area (Å²) in [5, 5.41) is 0. The van der Waals surface area contributed by atoms with Crippen LogP contribution in [0.5, 0.6) is 0 Å². The summed E-state index contributed by atoms with van der Waals surface area (Å²) in [6.45, 7) is 8.59. The fourth-order valence-electron chi connectivity index (χ4n) is 7.87. The summed E-state index contributed by atoms with van der Waals surface area (Å²) in [7, 11) is 0. The lowest BCUT2D eigenvalue weighted by Gasteiger charge is -2.58. The molecule has 4 aliphatic rings. The van der Waals surface area contributed by atoms with Gasteiger partial charge in [-0.2, -0.15) is 0 Å². The maximum atomic E-state index is 12.3. The normalized spacial score (nSPS) is 40.5. The number of ether oxygens (including phenoxy) is 3. The van der Waals surface area contributed by atoms with Crippen molar-refractivity contribution in [2.24, 2.45) is 28.6 Å². The van der Waals surface area contributed by atoms with Crippen LogP contribution in [0.25, 0.3) is 0 Å². The summed E-state index contributed by atoms with van der Waals surface area (Å²) in [5.74, 6) is -2.59. The Bertz CT molecular complexity index is 799. The highest BCUT2D eigenvalue weighted by molar-refractivity contribution is 5.70. The molecule has 31 heavy (non-hydrogen) atoms. The van der Waals surface area contributed by atoms with Crippen molar-refractivity contribution in [2.45, 2.75) is 97.9 Å². The Morgan fingerprint density at radius 2 is 1.65 bits per heavy atom. The first-order valence-corrected chi connectivity index (χ1v) is 11.8. The second-order valence-corrected chi connectivity index (χ2v) is 10.7. The Morgan fingerprint density at radius 1 is 0.968 bits per heavy atom. The van der Waals surface area contributed by atoms with Crippen LogP contribution in [0.3, 0.4) is 0 Å². The van der Waals surface area contributed by atoms with Crippen LogP contribution in [0.2, 0.25) is 0 Å². The van der Waals surface area contributed by atoms with Crippen molar-refractivity contribution in [1.29, 1.82) is 0 Å². The summed E-state index contributed by atoms with van der Waals surface area (Å²) in [6.07, 6.45) is 9.73. The van der Waals surface area contributed by atoms with Gasteiger partial charge < -0.3 is 14.2 Å². The zero-order chi connectivity index (χ0) is 22.6. The van der Waals surface area contributed by atoms with Gasteiger partial charge in [0.1, 0.15) is 0 Å². The zero-order valence-electron chi connectivity index (χ0n) is 19.5. The third-order valence-electron chi connectivity index (χ3n) is 8.76. The molecule has 0 aromatic carbocycles. The quantitative estimate of drug-likeness (QED) is 0.365. The van der Waals surface area contributed by atoms with Crippen LogP contribution in [0.1, 0.15) is 86.0 Å². The van der Waals surface area contributed by atoms with Crippen LogP contribution in [-0.4, -0.2) is 29.8 Å². The summed E-state index contributed by atoms with van der Waals surface area (Å²) in [5.41, 5.74) is 1.47. The second kappa shape index (κ2) is 7.63. The lowest BCUT2D eigenvalue weighted by molar-refractivity contribution is -0.287. The average molecular weight is 433 g/mol. The molecular formula is C25H36O6. The molecule has 0 amide bonds. The fourth-order valence-corrected chi connectivity index (χ4v) is 7.87. The van der Waals surface area contributed by atoms with Crippen LogP contribution >= 0.6 is 0 Å². The molecular weight excluding hydrogens is 396 g/mol. The zero-order valence-corrected chi connectivity index (χ0v) is 19.5. The summed E-state index contributed by atoms with van der Waals surface area (Å²) < 4.78 is 17.5. The molecule has 6 heteroatoms. The number of hydrogen-bond donors (Lipinski definition) is 0. The van der Waals surface area contributed by atoms with E-state index >= 15 is 0 Å². The highest BCUT2D eigenvalue weighted by Crippen LogP contribution is 2.68. The van der Waals surface area contributed by atoms with Crippen LogP contribution in [0.4, 0.5) is 0 Å². The molecule has 6 nitrogen and oxygen atoms in total. The Labute approximate surface area is 185 Å². The van der Waals surface area contributed by atoms with Gasteiger partial charge in [0, 0.05) is 26.7 Å². The number of esters is 3. The van der Waals surface area contributed by atoms with Crippen molar-refractivity contribution in [2.75, 3.05) is 0 Å². The highest BCUT2D eigenvalue weighted by Gasteiger charge is 2.72. The van der Waals surface area contributed by atoms with E-state index in [0.717, 1.165) is 32.1 Å². The minimum atomic E-state index is -1.56. The summed E-state index contributed by atoms with van der Waals surface area (Å²) in [6, 6.07) is 0. The largest absolute Gasteiger partial charge is 0.454 e. The van der Waals surface area contributed by atoms with E-state index in [9.17, 15) is 14.4 Å². The van der Waals surface area contributed by atoms with Crippen molar-refractivity contribution in [3.63, 3.8) is 0 Å². The third kappa shape index (κ3) is 3.50. The Hall–Kier alpha value is -1.85. The van der Waals surface area contributed by atoms with E-state index in [0.29, 0.717) is 12.3 Å². The first kappa shape index (κ1) is 22.3. The van der Waals surface area contributed by atoms with Gasteiger partial charge in [-0.3, -0.25) is 14.4 Å². The molecule has 0 heterocycles. The number of hydrogen-bond acceptors (Lipinski definition) is 6. The maximum absolute atomic E-state index is 12.3. The number of carbonyl (C=O) groups excluding carboxylic acids is 3. The van der Waals surface area contributed by atoms with Crippen molar-refractivity contribution in [3.05, 3.63) is 11.6 Å². The summed E-state index contributed by atoms with van der Waals surface area (Å²) >= 11 is 0. The SMILES string of the molecule is CC(=O)OC1C[C@@]2(C)CC[C@H]3[C@@H](CCC4=CCCC[C@@]43C)[C@@H]2C1(OC(C)=O)OC(C)=O. The van der Waals surface area contributed by atoms with Crippen molar-refractivity contribution in [3.8, 4) is 0 Å². The van der Waals surface area contributed by atoms with Crippen molar-refractivity contribution >= 4 is 17.9 Å². The van der Waals surface area contributed by atoms with Crippen molar-refractivity contribution < 1.29 is 28.6 Å². The molecule has 4 rings (SSSR count). The lowest BCUT2D eigenvalue weighted by atomic mass is 9.47. The van der Waals surface area contributed by atoms with E-state index < -0.39 is 29.8 Å². The molecule has 1 unspecified atom stereocenters. The van der Waals surface area contributed by atoms with E-state index in [1.165, 1.54) is 33.6 Å². The average Bonchev–Trinajstić information content (AvgIpc) is 2.87. The minimum absolute atomic E-state index is 0.139. The van der Waals surface area contributed by atoms with Gasteiger partial charge in [-0.25, -0.2) is 0 Å². The molecule has 0 spiro atoms. The van der Waals surface area contributed by atoms with Gasteiger partial charge in [0.25, 0.3) is 5.79 Å². The predicted molar refractivity (Wildman–Crippen MR) is 114 cm³/mol. The number of rotatable bonds is 3. The molecule has 0 radical (unpaired) electrons. The van der Waals surface area contributed by atoms with Crippen LogP contribution in [0, 0.1) is 28.6 Å². The minimum Gasteiger partial charge on any atom is -0.454 e. The van der Waals surface area contributed by atoms with Crippen LogP contribution in [-0.2, 0) is 28.6 Å². The van der Waals surface area contributed by atoms with Gasteiger partial charge in [0.2, 0.25) is 0 Å². The number of fused-ring (bicyclic) bond motifs is 5. The summed E-state index contributed by atoms with van der Waals surface area (Å²) in [4.78, 5) is 36.5. The standard InChI is InChI=1S/C25H36O6/c1-15(26)29-21-14-23(4)13-11-20-19(10-9-18-8-6-7-12-24(18,20)5)22(23)25(21,30-16(2)27)31-17(3)28/h8,19-22H,6-7,9-14H2,1-5H3/t19-,20+,21?,22+,23-,24+/m1/s1. The molecule has 3 fully saturated rings. The van der Waals surface area contributed by atoms with E-state index in [-0.39, 0.29) is 22.7 Å². The van der Waals surface area contributed by atoms with Crippen LogP contribution < -0.4 is 0 Å². The van der Waals surface area contributed by atoms with E-state index in [1.807, 2.05) is 0 Å². The van der Waals surface area contributed by atoms with E-state index in [2.05, 4.69) is 19.9 Å². The third-order valence-corrected chi connectivity index (χ3v) is 8.76. The molecule has 0 aliphatic heterocycles. The monoisotopic (exact) mass is 432 g/mol. The molecule has 172 valence electrons. The topological polar surface area (TPSA) is 78.9 Å². The van der Waals surface area contributed by atoms with Gasteiger partial charge in [-0.05, 0) is 74.0 Å². The molecule has 0 aromatic heterocycles. The molecule has 0 bridgehead atoms. The molecule has 0 N–H and O–H groups in total. The Kier molecular flexibility index (Phi) is 5.50. The molecule has 6 atom stereocenters. The molecule has 3 saturated carbocycles. The Morgan fingerprint density at radius 3 is 2.26 bits per heavy atom. The molecule has 0 saturated heterocycles.